The number of hydrogen-bond donors (Lipinski definition) is 0. The summed E-state index contributed by atoms with van der Waals surface area (Å²) in [6.45, 7) is 0. The van der Waals surface area contributed by atoms with E-state index in [9.17, 15) is 8.42 Å². The lowest BCUT2D eigenvalue weighted by atomic mass is 9.95. The van der Waals surface area contributed by atoms with E-state index in [2.05, 4.69) is 0 Å². The largest absolute Gasteiger partial charge is 0.218 e. The summed E-state index contributed by atoms with van der Waals surface area (Å²) in [5.41, 5.74) is 3.58. The predicted molar refractivity (Wildman–Crippen MR) is 114 cm³/mol. The van der Waals surface area contributed by atoms with Gasteiger partial charge in [-0.1, -0.05) is 84.4 Å². The van der Waals surface area contributed by atoms with Gasteiger partial charge in [-0.3, -0.25) is 0 Å². The van der Waals surface area contributed by atoms with Crippen molar-refractivity contribution < 1.29 is 8.42 Å². The molecule has 2 nitrogen and oxygen atoms in total. The molecule has 0 atom stereocenters. The van der Waals surface area contributed by atoms with Crippen molar-refractivity contribution in [3.8, 4) is 22.3 Å². The molecular formula is C24H17ClO2S. The molecule has 0 radical (unpaired) electrons. The van der Waals surface area contributed by atoms with Crippen LogP contribution in [0.1, 0.15) is 0 Å². The van der Waals surface area contributed by atoms with E-state index < -0.39 is 9.84 Å². The first-order valence-electron chi connectivity index (χ1n) is 8.82. The second-order valence-electron chi connectivity index (χ2n) is 6.37. The van der Waals surface area contributed by atoms with Crippen molar-refractivity contribution in [2.45, 2.75) is 9.79 Å². The monoisotopic (exact) mass is 404 g/mol. The maximum atomic E-state index is 13.3. The van der Waals surface area contributed by atoms with Crippen molar-refractivity contribution >= 4 is 21.4 Å². The number of sulfone groups is 1. The molecule has 0 N–H and O–H groups in total. The quantitative estimate of drug-likeness (QED) is 0.388. The summed E-state index contributed by atoms with van der Waals surface area (Å²) in [5, 5.41) is 0.502. The third-order valence-electron chi connectivity index (χ3n) is 4.60. The lowest BCUT2D eigenvalue weighted by Crippen LogP contribution is -2.04. The molecule has 0 heterocycles. The van der Waals surface area contributed by atoms with Gasteiger partial charge in [0, 0.05) is 10.6 Å². The molecule has 4 heteroatoms. The standard InChI is InChI=1S/C24H17ClO2S/c25-19-14-16-20(17-15-19)28(26,27)24-13-7-6-12-23(24)22-11-5-4-10-21(22)18-8-2-1-3-9-18/h1-17H. The van der Waals surface area contributed by atoms with E-state index in [1.54, 1.807) is 24.3 Å². The molecule has 0 bridgehead atoms. The summed E-state index contributed by atoms with van der Waals surface area (Å²) >= 11 is 5.93. The van der Waals surface area contributed by atoms with Crippen molar-refractivity contribution in [3.05, 3.63) is 108 Å². The minimum Gasteiger partial charge on any atom is -0.218 e. The zero-order valence-electron chi connectivity index (χ0n) is 14.9. The fourth-order valence-corrected chi connectivity index (χ4v) is 4.85. The van der Waals surface area contributed by atoms with Gasteiger partial charge < -0.3 is 0 Å². The summed E-state index contributed by atoms with van der Waals surface area (Å²) < 4.78 is 26.7. The maximum Gasteiger partial charge on any atom is 0.207 e. The lowest BCUT2D eigenvalue weighted by Gasteiger charge is -2.15. The maximum absolute atomic E-state index is 13.3. The zero-order chi connectivity index (χ0) is 19.6. The van der Waals surface area contributed by atoms with E-state index in [4.69, 9.17) is 11.6 Å². The van der Waals surface area contributed by atoms with E-state index >= 15 is 0 Å². The Hall–Kier alpha value is -2.88. The van der Waals surface area contributed by atoms with Gasteiger partial charge in [0.1, 0.15) is 0 Å². The fraction of sp³-hybridized carbons (Fsp3) is 0. The third kappa shape index (κ3) is 3.47. The molecule has 28 heavy (non-hydrogen) atoms. The van der Waals surface area contributed by atoms with Crippen LogP contribution in [-0.2, 0) is 9.84 Å². The summed E-state index contributed by atoms with van der Waals surface area (Å²) in [5.74, 6) is 0. The topological polar surface area (TPSA) is 34.1 Å². The Bertz CT molecular complexity index is 1210. The summed E-state index contributed by atoms with van der Waals surface area (Å²) in [6.07, 6.45) is 0. The highest BCUT2D eigenvalue weighted by Gasteiger charge is 2.22. The van der Waals surface area contributed by atoms with Crippen LogP contribution in [0.4, 0.5) is 0 Å². The number of halogens is 1. The van der Waals surface area contributed by atoms with Gasteiger partial charge in [-0.15, -0.1) is 0 Å². The Morgan fingerprint density at radius 3 is 1.75 bits per heavy atom. The Morgan fingerprint density at radius 1 is 0.536 bits per heavy atom. The van der Waals surface area contributed by atoms with Gasteiger partial charge in [0.2, 0.25) is 9.84 Å². The average Bonchev–Trinajstić information content (AvgIpc) is 2.75. The highest BCUT2D eigenvalue weighted by Crippen LogP contribution is 2.37. The number of hydrogen-bond acceptors (Lipinski definition) is 2. The van der Waals surface area contributed by atoms with Crippen LogP contribution in [0.2, 0.25) is 5.02 Å². The molecule has 0 aliphatic heterocycles. The van der Waals surface area contributed by atoms with E-state index in [1.165, 1.54) is 12.1 Å². The molecular weight excluding hydrogens is 388 g/mol. The van der Waals surface area contributed by atoms with E-state index in [1.807, 2.05) is 66.7 Å². The Morgan fingerprint density at radius 2 is 1.07 bits per heavy atom. The zero-order valence-corrected chi connectivity index (χ0v) is 16.5. The van der Waals surface area contributed by atoms with Crippen LogP contribution < -0.4 is 0 Å². The number of benzene rings is 4. The SMILES string of the molecule is O=S(=O)(c1ccc(Cl)cc1)c1ccccc1-c1ccccc1-c1ccccc1. The van der Waals surface area contributed by atoms with Gasteiger partial charge in [-0.25, -0.2) is 8.42 Å². The Balaban J connectivity index is 1.93. The fourth-order valence-electron chi connectivity index (χ4n) is 3.25. The molecule has 0 amide bonds. The molecule has 0 unspecified atom stereocenters. The molecule has 0 saturated heterocycles. The van der Waals surface area contributed by atoms with Crippen molar-refractivity contribution in [3.63, 3.8) is 0 Å². The first-order valence-corrected chi connectivity index (χ1v) is 10.7. The predicted octanol–water partition coefficient (Wildman–Crippen LogP) is 6.51. The second kappa shape index (κ2) is 7.63. The summed E-state index contributed by atoms with van der Waals surface area (Å²) in [6, 6.07) is 31.2. The molecule has 0 saturated carbocycles. The van der Waals surface area contributed by atoms with Gasteiger partial charge in [0.05, 0.1) is 9.79 Å². The molecule has 0 aromatic heterocycles. The molecule has 0 fully saturated rings. The first-order chi connectivity index (χ1) is 13.6. The van der Waals surface area contributed by atoms with Crippen molar-refractivity contribution in [1.82, 2.24) is 0 Å². The van der Waals surface area contributed by atoms with E-state index in [-0.39, 0.29) is 9.79 Å². The van der Waals surface area contributed by atoms with Crippen LogP contribution in [-0.4, -0.2) is 8.42 Å². The highest BCUT2D eigenvalue weighted by atomic mass is 35.5. The molecule has 0 aliphatic carbocycles. The first kappa shape index (κ1) is 18.5. The van der Waals surface area contributed by atoms with Gasteiger partial charge >= 0.3 is 0 Å². The average molecular weight is 405 g/mol. The molecule has 0 spiro atoms. The molecule has 138 valence electrons. The van der Waals surface area contributed by atoms with Crippen LogP contribution in [0.3, 0.4) is 0 Å². The minimum absolute atomic E-state index is 0.224. The van der Waals surface area contributed by atoms with Crippen LogP contribution in [0.5, 0.6) is 0 Å². The Labute approximate surface area is 170 Å². The third-order valence-corrected chi connectivity index (χ3v) is 6.68. The highest BCUT2D eigenvalue weighted by molar-refractivity contribution is 7.91. The molecule has 4 aromatic rings. The van der Waals surface area contributed by atoms with E-state index in [0.717, 1.165) is 16.7 Å². The van der Waals surface area contributed by atoms with Crippen molar-refractivity contribution in [1.29, 1.82) is 0 Å². The van der Waals surface area contributed by atoms with Gasteiger partial charge in [-0.05, 0) is 47.0 Å². The van der Waals surface area contributed by atoms with E-state index in [0.29, 0.717) is 10.6 Å². The molecule has 0 aliphatic rings. The number of rotatable bonds is 4. The summed E-state index contributed by atoms with van der Waals surface area (Å²) in [4.78, 5) is 0.502. The molecule has 4 rings (SSSR count). The van der Waals surface area contributed by atoms with Gasteiger partial charge in [-0.2, -0.15) is 0 Å². The second-order valence-corrected chi connectivity index (χ2v) is 8.72. The normalized spacial score (nSPS) is 11.3. The van der Waals surface area contributed by atoms with Crippen LogP contribution >= 0.6 is 11.6 Å². The van der Waals surface area contributed by atoms with Gasteiger partial charge in [0.25, 0.3) is 0 Å². The smallest absolute Gasteiger partial charge is 0.207 e. The lowest BCUT2D eigenvalue weighted by molar-refractivity contribution is 0.596. The van der Waals surface area contributed by atoms with Crippen LogP contribution in [0.15, 0.2) is 113 Å². The minimum atomic E-state index is -3.69. The van der Waals surface area contributed by atoms with Crippen LogP contribution in [0.25, 0.3) is 22.3 Å². The Kier molecular flexibility index (Phi) is 5.03. The van der Waals surface area contributed by atoms with Crippen molar-refractivity contribution in [2.75, 3.05) is 0 Å². The summed E-state index contributed by atoms with van der Waals surface area (Å²) in [7, 11) is -3.69. The molecule has 4 aromatic carbocycles. The van der Waals surface area contributed by atoms with Gasteiger partial charge in [0.15, 0.2) is 0 Å². The van der Waals surface area contributed by atoms with Crippen molar-refractivity contribution in [2.24, 2.45) is 0 Å². The van der Waals surface area contributed by atoms with Crippen LogP contribution in [0, 0.1) is 0 Å².